The van der Waals surface area contributed by atoms with Crippen LogP contribution in [-0.2, 0) is 4.79 Å². The van der Waals surface area contributed by atoms with Crippen LogP contribution < -0.4 is 4.74 Å². The van der Waals surface area contributed by atoms with Crippen molar-refractivity contribution in [3.8, 4) is 5.75 Å². The molecule has 7 heteroatoms. The predicted octanol–water partition coefficient (Wildman–Crippen LogP) is 4.37. The number of rotatable bonds is 11. The molecule has 0 saturated carbocycles. The van der Waals surface area contributed by atoms with Gasteiger partial charge in [-0.1, -0.05) is 6.92 Å². The summed E-state index contributed by atoms with van der Waals surface area (Å²) in [7, 11) is 1.60. The maximum Gasteiger partial charge on any atom is 0.308 e. The number of ketones is 1. The Hall–Kier alpha value is -2.12. The van der Waals surface area contributed by atoms with Crippen LogP contribution in [0, 0.1) is 11.8 Å². The molecule has 1 fully saturated rings. The van der Waals surface area contributed by atoms with Crippen LogP contribution in [0.5, 0.6) is 5.75 Å². The lowest BCUT2D eigenvalue weighted by molar-refractivity contribution is -0.146. The maximum absolute atomic E-state index is 13.0. The highest BCUT2D eigenvalue weighted by atomic mass is 32.2. The Balaban J connectivity index is 1.62. The third-order valence-corrected chi connectivity index (χ3v) is 7.22. The Labute approximate surface area is 188 Å². The predicted molar refractivity (Wildman–Crippen MR) is 125 cm³/mol. The van der Waals surface area contributed by atoms with Gasteiger partial charge in [-0.15, -0.1) is 0 Å². The SMILES string of the molecule is CCCSCCN1CC[C@H](CCC(=O)c2ccnc3ccc(OC)cc23)[C@H](C(=O)O)C1. The number of aromatic nitrogens is 1. The second-order valence-corrected chi connectivity index (χ2v) is 9.33. The summed E-state index contributed by atoms with van der Waals surface area (Å²) >= 11 is 1.92. The summed E-state index contributed by atoms with van der Waals surface area (Å²) in [6.45, 7) is 4.59. The number of Topliss-reactive ketones (excluding diaryl/α,β-unsaturated/α-hetero) is 1. The van der Waals surface area contributed by atoms with Crippen molar-refractivity contribution in [3.63, 3.8) is 0 Å². The number of piperidine rings is 1. The molecule has 31 heavy (non-hydrogen) atoms. The van der Waals surface area contributed by atoms with E-state index < -0.39 is 11.9 Å². The smallest absolute Gasteiger partial charge is 0.308 e. The Morgan fingerprint density at radius 2 is 2.13 bits per heavy atom. The Kier molecular flexibility index (Phi) is 8.72. The van der Waals surface area contributed by atoms with E-state index in [1.165, 1.54) is 0 Å². The van der Waals surface area contributed by atoms with E-state index in [0.29, 0.717) is 30.7 Å². The molecule has 1 N–H and O–H groups in total. The number of carbonyl (C=O) groups is 2. The molecule has 1 aliphatic heterocycles. The van der Waals surface area contributed by atoms with E-state index in [2.05, 4.69) is 16.8 Å². The van der Waals surface area contributed by atoms with Crippen LogP contribution >= 0.6 is 11.8 Å². The van der Waals surface area contributed by atoms with Gasteiger partial charge in [0.05, 0.1) is 18.5 Å². The summed E-state index contributed by atoms with van der Waals surface area (Å²) in [6.07, 6.45) is 4.59. The van der Waals surface area contributed by atoms with E-state index in [9.17, 15) is 14.7 Å². The second-order valence-electron chi connectivity index (χ2n) is 8.11. The van der Waals surface area contributed by atoms with E-state index >= 15 is 0 Å². The Bertz CT molecular complexity index is 904. The molecule has 1 aromatic carbocycles. The number of hydrogen-bond acceptors (Lipinski definition) is 6. The molecule has 0 radical (unpaired) electrons. The van der Waals surface area contributed by atoms with Gasteiger partial charge in [0, 0.05) is 42.4 Å². The number of ether oxygens (including phenoxy) is 1. The summed E-state index contributed by atoms with van der Waals surface area (Å²) in [6, 6.07) is 7.26. The number of aliphatic carboxylic acids is 1. The number of hydrogen-bond donors (Lipinski definition) is 1. The first kappa shape index (κ1) is 23.5. The number of methoxy groups -OCH3 is 1. The lowest BCUT2D eigenvalue weighted by Gasteiger charge is -2.36. The highest BCUT2D eigenvalue weighted by molar-refractivity contribution is 7.99. The minimum Gasteiger partial charge on any atom is -0.497 e. The van der Waals surface area contributed by atoms with Crippen LogP contribution in [0.25, 0.3) is 10.9 Å². The van der Waals surface area contributed by atoms with Gasteiger partial charge in [-0.2, -0.15) is 11.8 Å². The van der Waals surface area contributed by atoms with Crippen LogP contribution in [0.3, 0.4) is 0 Å². The number of carboxylic acids is 1. The number of nitrogens with zero attached hydrogens (tertiary/aromatic N) is 2. The van der Waals surface area contributed by atoms with Gasteiger partial charge >= 0.3 is 5.97 Å². The first-order valence-electron chi connectivity index (χ1n) is 11.0. The van der Waals surface area contributed by atoms with Gasteiger partial charge in [0.25, 0.3) is 0 Å². The molecule has 2 heterocycles. The molecule has 1 saturated heterocycles. The molecule has 0 bridgehead atoms. The average Bonchev–Trinajstić information content (AvgIpc) is 2.79. The first-order chi connectivity index (χ1) is 15.0. The van der Waals surface area contributed by atoms with E-state index in [0.717, 1.165) is 48.3 Å². The molecular formula is C24H32N2O4S. The third kappa shape index (κ3) is 6.20. The van der Waals surface area contributed by atoms with Crippen LogP contribution in [0.15, 0.2) is 30.5 Å². The Morgan fingerprint density at radius 1 is 1.29 bits per heavy atom. The highest BCUT2D eigenvalue weighted by Crippen LogP contribution is 2.30. The largest absolute Gasteiger partial charge is 0.497 e. The van der Waals surface area contributed by atoms with Gasteiger partial charge in [-0.05, 0) is 61.7 Å². The number of fused-ring (bicyclic) bond motifs is 1. The number of likely N-dealkylation sites (tertiary alicyclic amines) is 1. The van der Waals surface area contributed by atoms with Crippen molar-refractivity contribution in [2.24, 2.45) is 11.8 Å². The van der Waals surface area contributed by atoms with Gasteiger partial charge in [0.2, 0.25) is 0 Å². The summed E-state index contributed by atoms with van der Waals surface area (Å²) in [5, 5.41) is 10.6. The van der Waals surface area contributed by atoms with Crippen molar-refractivity contribution in [3.05, 3.63) is 36.0 Å². The molecule has 0 unspecified atom stereocenters. The van der Waals surface area contributed by atoms with Crippen molar-refractivity contribution < 1.29 is 19.4 Å². The molecule has 2 aromatic rings. The first-order valence-corrected chi connectivity index (χ1v) is 12.2. The number of carboxylic acid groups (broad SMARTS) is 1. The second kappa shape index (κ2) is 11.5. The topological polar surface area (TPSA) is 79.7 Å². The molecule has 0 spiro atoms. The zero-order valence-corrected chi connectivity index (χ0v) is 19.2. The van der Waals surface area contributed by atoms with Gasteiger partial charge in [0.1, 0.15) is 5.75 Å². The van der Waals surface area contributed by atoms with E-state index in [1.807, 2.05) is 30.0 Å². The monoisotopic (exact) mass is 444 g/mol. The highest BCUT2D eigenvalue weighted by Gasteiger charge is 2.34. The molecule has 6 nitrogen and oxygen atoms in total. The number of carbonyl (C=O) groups excluding carboxylic acids is 1. The van der Waals surface area contributed by atoms with E-state index in [4.69, 9.17) is 4.74 Å². The zero-order valence-electron chi connectivity index (χ0n) is 18.4. The lowest BCUT2D eigenvalue weighted by Crippen LogP contribution is -2.44. The quantitative estimate of drug-likeness (QED) is 0.407. The van der Waals surface area contributed by atoms with Gasteiger partial charge in [0.15, 0.2) is 5.78 Å². The zero-order chi connectivity index (χ0) is 22.2. The molecule has 1 aliphatic rings. The fourth-order valence-electron chi connectivity index (χ4n) is 4.28. The van der Waals surface area contributed by atoms with Crippen LogP contribution in [0.1, 0.15) is 43.0 Å². The maximum atomic E-state index is 13.0. The fraction of sp³-hybridized carbons (Fsp3) is 0.542. The normalized spacial score (nSPS) is 19.4. The standard InChI is InChI=1S/C24H32N2O4S/c1-3-13-31-14-12-26-11-9-17(21(16-26)24(28)29)4-7-23(27)19-8-10-25-22-6-5-18(30-2)15-20(19)22/h5-6,8,10,15,17,21H,3-4,7,9,11-14,16H2,1-2H3,(H,28,29)/t17-,21+/m0/s1. The van der Waals surface area contributed by atoms with Crippen molar-refractivity contribution in [1.82, 2.24) is 9.88 Å². The number of benzene rings is 1. The molecule has 2 atom stereocenters. The summed E-state index contributed by atoms with van der Waals surface area (Å²) < 4.78 is 5.29. The minimum absolute atomic E-state index is 0.0307. The van der Waals surface area contributed by atoms with Crippen molar-refractivity contribution >= 4 is 34.4 Å². The van der Waals surface area contributed by atoms with Gasteiger partial charge in [-0.25, -0.2) is 0 Å². The van der Waals surface area contributed by atoms with E-state index in [1.54, 1.807) is 19.4 Å². The molecular weight excluding hydrogens is 412 g/mol. The van der Waals surface area contributed by atoms with Crippen LogP contribution in [0.4, 0.5) is 0 Å². The molecule has 0 amide bonds. The third-order valence-electron chi connectivity index (χ3n) is 6.05. The number of pyridine rings is 1. The minimum atomic E-state index is -0.748. The molecule has 3 rings (SSSR count). The average molecular weight is 445 g/mol. The number of thioether (sulfide) groups is 1. The molecule has 168 valence electrons. The Morgan fingerprint density at radius 3 is 2.87 bits per heavy atom. The summed E-state index contributed by atoms with van der Waals surface area (Å²) in [4.78, 5) is 31.5. The van der Waals surface area contributed by atoms with Gasteiger partial charge < -0.3 is 14.7 Å². The van der Waals surface area contributed by atoms with Gasteiger partial charge in [-0.3, -0.25) is 14.6 Å². The van der Waals surface area contributed by atoms with Crippen molar-refractivity contribution in [2.45, 2.75) is 32.6 Å². The van der Waals surface area contributed by atoms with Crippen LogP contribution in [-0.4, -0.2) is 65.0 Å². The molecule has 0 aliphatic carbocycles. The fourth-order valence-corrected chi connectivity index (χ4v) is 5.16. The van der Waals surface area contributed by atoms with E-state index in [-0.39, 0.29) is 11.7 Å². The summed E-state index contributed by atoms with van der Waals surface area (Å²) in [5.41, 5.74) is 1.38. The van der Waals surface area contributed by atoms with Crippen LogP contribution in [0.2, 0.25) is 0 Å². The molecule has 1 aromatic heterocycles. The lowest BCUT2D eigenvalue weighted by atomic mass is 9.81. The van der Waals surface area contributed by atoms with Crippen molar-refractivity contribution in [1.29, 1.82) is 0 Å². The summed E-state index contributed by atoms with van der Waals surface area (Å²) in [5.74, 6) is 1.78. The van der Waals surface area contributed by atoms with Crippen molar-refractivity contribution in [2.75, 3.05) is 38.2 Å².